The van der Waals surface area contributed by atoms with E-state index in [1.165, 1.54) is 12.8 Å². The summed E-state index contributed by atoms with van der Waals surface area (Å²) >= 11 is 0. The zero-order valence-electron chi connectivity index (χ0n) is 13.6. The summed E-state index contributed by atoms with van der Waals surface area (Å²) in [5, 5.41) is 2.85. The Hall–Kier alpha value is -2.36. The minimum absolute atomic E-state index is 0.00985. The van der Waals surface area contributed by atoms with Crippen molar-refractivity contribution in [3.05, 3.63) is 54.2 Å². The molecule has 0 aliphatic carbocycles. The van der Waals surface area contributed by atoms with Crippen molar-refractivity contribution in [1.29, 1.82) is 0 Å². The number of pyridine rings is 1. The summed E-state index contributed by atoms with van der Waals surface area (Å²) in [4.78, 5) is 16.2. The van der Waals surface area contributed by atoms with Crippen LogP contribution in [0.4, 0.5) is 5.82 Å². The lowest BCUT2D eigenvalue weighted by molar-refractivity contribution is -0.116. The van der Waals surface area contributed by atoms with Gasteiger partial charge in [-0.2, -0.15) is 0 Å². The molecule has 0 radical (unpaired) electrons. The van der Waals surface area contributed by atoms with E-state index in [2.05, 4.69) is 17.2 Å². The van der Waals surface area contributed by atoms with Gasteiger partial charge >= 0.3 is 0 Å². The number of hydrogen-bond donors (Lipinski definition) is 1. The second-order valence-electron chi connectivity index (χ2n) is 5.48. The number of unbranched alkanes of at least 4 members (excludes halogenated alkanes) is 3. The molecular formula is C19H24N2O2. The van der Waals surface area contributed by atoms with Gasteiger partial charge in [-0.1, -0.05) is 56.5 Å². The number of carbonyl (C=O) groups is 1. The van der Waals surface area contributed by atoms with Gasteiger partial charge in [-0.3, -0.25) is 4.79 Å². The number of benzene rings is 1. The maximum absolute atomic E-state index is 12.0. The number of carbonyl (C=O) groups excluding carboxylic acids is 1. The zero-order valence-corrected chi connectivity index (χ0v) is 13.6. The van der Waals surface area contributed by atoms with E-state index in [1.807, 2.05) is 36.4 Å². The van der Waals surface area contributed by atoms with Crippen LogP contribution < -0.4 is 10.1 Å². The predicted octanol–water partition coefficient (Wildman–Crippen LogP) is 4.57. The number of rotatable bonds is 9. The normalized spacial score (nSPS) is 10.3. The Kier molecular flexibility index (Phi) is 7.11. The highest BCUT2D eigenvalue weighted by atomic mass is 16.5. The molecule has 2 aromatic rings. The summed E-state index contributed by atoms with van der Waals surface area (Å²) in [5.74, 6) is 1.08. The molecule has 1 aromatic heterocycles. The van der Waals surface area contributed by atoms with Gasteiger partial charge in [0.1, 0.15) is 6.61 Å². The smallest absolute Gasteiger partial charge is 0.225 e. The van der Waals surface area contributed by atoms with Gasteiger partial charge in [0.25, 0.3) is 0 Å². The summed E-state index contributed by atoms with van der Waals surface area (Å²) < 4.78 is 5.79. The molecule has 0 unspecified atom stereocenters. The van der Waals surface area contributed by atoms with Gasteiger partial charge in [0.15, 0.2) is 11.6 Å². The van der Waals surface area contributed by atoms with Crippen LogP contribution in [-0.4, -0.2) is 10.9 Å². The molecule has 122 valence electrons. The first-order valence-corrected chi connectivity index (χ1v) is 8.21. The Morgan fingerprint density at radius 1 is 1.09 bits per heavy atom. The Balaban J connectivity index is 1.88. The molecule has 0 fully saturated rings. The van der Waals surface area contributed by atoms with Crippen molar-refractivity contribution in [3.8, 4) is 5.75 Å². The van der Waals surface area contributed by atoms with Crippen molar-refractivity contribution in [2.24, 2.45) is 0 Å². The molecule has 1 heterocycles. The van der Waals surface area contributed by atoms with Crippen LogP contribution in [0.3, 0.4) is 0 Å². The van der Waals surface area contributed by atoms with Gasteiger partial charge in [0.05, 0.1) is 0 Å². The third-order valence-corrected chi connectivity index (χ3v) is 3.52. The summed E-state index contributed by atoms with van der Waals surface area (Å²) in [5.41, 5.74) is 1.08. The van der Waals surface area contributed by atoms with E-state index in [0.29, 0.717) is 24.6 Å². The first-order chi connectivity index (χ1) is 11.3. The van der Waals surface area contributed by atoms with Crippen LogP contribution in [0.2, 0.25) is 0 Å². The maximum Gasteiger partial charge on any atom is 0.225 e. The highest BCUT2D eigenvalue weighted by molar-refractivity contribution is 5.91. The fourth-order valence-corrected chi connectivity index (χ4v) is 2.24. The molecule has 0 saturated carbocycles. The van der Waals surface area contributed by atoms with E-state index in [0.717, 1.165) is 18.4 Å². The maximum atomic E-state index is 12.0. The Morgan fingerprint density at radius 2 is 1.91 bits per heavy atom. The van der Waals surface area contributed by atoms with Crippen molar-refractivity contribution in [1.82, 2.24) is 4.98 Å². The summed E-state index contributed by atoms with van der Waals surface area (Å²) in [7, 11) is 0. The molecule has 4 heteroatoms. The molecule has 0 spiro atoms. The lowest BCUT2D eigenvalue weighted by Crippen LogP contribution is -2.13. The predicted molar refractivity (Wildman–Crippen MR) is 92.4 cm³/mol. The molecule has 0 atom stereocenters. The standard InChI is InChI=1S/C19H24N2O2/c1-2-3-4-8-13-18(22)21-19-17(12-9-14-20-19)23-15-16-10-6-5-7-11-16/h5-7,9-12,14H,2-4,8,13,15H2,1H3,(H,20,21,22). The van der Waals surface area contributed by atoms with E-state index >= 15 is 0 Å². The Morgan fingerprint density at radius 3 is 2.70 bits per heavy atom. The zero-order chi connectivity index (χ0) is 16.3. The highest BCUT2D eigenvalue weighted by Crippen LogP contribution is 2.22. The van der Waals surface area contributed by atoms with Crippen LogP contribution in [-0.2, 0) is 11.4 Å². The van der Waals surface area contributed by atoms with Crippen molar-refractivity contribution < 1.29 is 9.53 Å². The molecule has 1 N–H and O–H groups in total. The van der Waals surface area contributed by atoms with E-state index in [1.54, 1.807) is 12.3 Å². The second-order valence-corrected chi connectivity index (χ2v) is 5.48. The SMILES string of the molecule is CCCCCCC(=O)Nc1ncccc1OCc1ccccc1. The molecule has 1 aromatic carbocycles. The second kappa shape index (κ2) is 9.62. The average molecular weight is 312 g/mol. The van der Waals surface area contributed by atoms with Crippen LogP contribution in [0.15, 0.2) is 48.7 Å². The molecule has 4 nitrogen and oxygen atoms in total. The number of hydrogen-bond acceptors (Lipinski definition) is 3. The molecule has 0 aliphatic rings. The third kappa shape index (κ3) is 6.10. The van der Waals surface area contributed by atoms with Crippen LogP contribution in [0.25, 0.3) is 0 Å². The molecule has 2 rings (SSSR count). The number of aromatic nitrogens is 1. The average Bonchev–Trinajstić information content (AvgIpc) is 2.59. The Labute approximate surface area is 137 Å². The van der Waals surface area contributed by atoms with Crippen LogP contribution in [0.5, 0.6) is 5.75 Å². The Bertz CT molecular complexity index is 599. The van der Waals surface area contributed by atoms with Gasteiger partial charge in [0.2, 0.25) is 5.91 Å². The quantitative estimate of drug-likeness (QED) is 0.690. The van der Waals surface area contributed by atoms with Gasteiger partial charge in [-0.15, -0.1) is 0 Å². The topological polar surface area (TPSA) is 51.2 Å². The largest absolute Gasteiger partial charge is 0.485 e. The molecule has 1 amide bonds. The van der Waals surface area contributed by atoms with Crippen LogP contribution in [0, 0.1) is 0 Å². The number of nitrogens with one attached hydrogen (secondary N) is 1. The van der Waals surface area contributed by atoms with Gasteiger partial charge in [-0.25, -0.2) is 4.98 Å². The summed E-state index contributed by atoms with van der Waals surface area (Å²) in [6.07, 6.45) is 6.51. The van der Waals surface area contributed by atoms with E-state index in [-0.39, 0.29) is 5.91 Å². The molecule has 0 aliphatic heterocycles. The third-order valence-electron chi connectivity index (χ3n) is 3.52. The summed E-state index contributed by atoms with van der Waals surface area (Å²) in [6, 6.07) is 13.5. The van der Waals surface area contributed by atoms with Gasteiger partial charge in [0, 0.05) is 12.6 Å². The van der Waals surface area contributed by atoms with E-state index in [9.17, 15) is 4.79 Å². The number of amides is 1. The van der Waals surface area contributed by atoms with Crippen molar-refractivity contribution >= 4 is 11.7 Å². The fraction of sp³-hybridized carbons (Fsp3) is 0.368. The van der Waals surface area contributed by atoms with Crippen molar-refractivity contribution in [3.63, 3.8) is 0 Å². The minimum Gasteiger partial charge on any atom is -0.485 e. The van der Waals surface area contributed by atoms with Gasteiger partial charge < -0.3 is 10.1 Å². The lowest BCUT2D eigenvalue weighted by Gasteiger charge is -2.11. The molecule has 0 saturated heterocycles. The van der Waals surface area contributed by atoms with Crippen LogP contribution >= 0.6 is 0 Å². The molecule has 23 heavy (non-hydrogen) atoms. The van der Waals surface area contributed by atoms with Crippen molar-refractivity contribution in [2.75, 3.05) is 5.32 Å². The first kappa shape index (κ1) is 17.0. The fourth-order valence-electron chi connectivity index (χ4n) is 2.24. The number of ether oxygens (including phenoxy) is 1. The molecular weight excluding hydrogens is 288 g/mol. The number of anilines is 1. The van der Waals surface area contributed by atoms with E-state index < -0.39 is 0 Å². The summed E-state index contributed by atoms with van der Waals surface area (Å²) in [6.45, 7) is 2.61. The lowest BCUT2D eigenvalue weighted by atomic mass is 10.1. The van der Waals surface area contributed by atoms with Crippen molar-refractivity contribution in [2.45, 2.75) is 45.6 Å². The van der Waals surface area contributed by atoms with Gasteiger partial charge in [-0.05, 0) is 24.1 Å². The monoisotopic (exact) mass is 312 g/mol. The number of nitrogens with zero attached hydrogens (tertiary/aromatic N) is 1. The van der Waals surface area contributed by atoms with Crippen LogP contribution in [0.1, 0.15) is 44.6 Å². The first-order valence-electron chi connectivity index (χ1n) is 8.21. The van der Waals surface area contributed by atoms with E-state index in [4.69, 9.17) is 4.74 Å². The molecule has 0 bridgehead atoms. The minimum atomic E-state index is -0.00985. The highest BCUT2D eigenvalue weighted by Gasteiger charge is 2.09.